The fourth-order valence-electron chi connectivity index (χ4n) is 7.80. The van der Waals surface area contributed by atoms with Crippen molar-refractivity contribution in [1.29, 1.82) is 0 Å². The van der Waals surface area contributed by atoms with Crippen LogP contribution in [-0.4, -0.2) is 0 Å². The average Bonchev–Trinajstić information content (AvgIpc) is 3.29. The molecular formula is C58H42. The minimum atomic E-state index is 1.15. The summed E-state index contributed by atoms with van der Waals surface area (Å²) in [6, 6.07) is 73.8. The molecule has 0 nitrogen and oxygen atoms in total. The zero-order valence-corrected chi connectivity index (χ0v) is 32.2. The van der Waals surface area contributed by atoms with Crippen LogP contribution in [0.5, 0.6) is 0 Å². The Balaban J connectivity index is 1.28. The van der Waals surface area contributed by atoms with Crippen LogP contribution in [0.15, 0.2) is 206 Å². The number of benzene rings is 9. The fraction of sp³-hybridized carbons (Fsp3) is 0. The highest BCUT2D eigenvalue weighted by atomic mass is 14.2. The van der Waals surface area contributed by atoms with Crippen molar-refractivity contribution in [3.05, 3.63) is 251 Å². The molecule has 0 aliphatic carbocycles. The van der Waals surface area contributed by atoms with Crippen molar-refractivity contribution in [2.24, 2.45) is 0 Å². The molecule has 0 saturated carbocycles. The van der Waals surface area contributed by atoms with Crippen molar-refractivity contribution in [1.82, 2.24) is 0 Å². The summed E-state index contributed by atoms with van der Waals surface area (Å²) in [5.41, 5.74) is 14.2. The molecule has 58 heavy (non-hydrogen) atoms. The van der Waals surface area contributed by atoms with E-state index in [-0.39, 0.29) is 0 Å². The smallest absolute Gasteiger partial charge is 0.00201 e. The topological polar surface area (TPSA) is 0 Å². The van der Waals surface area contributed by atoms with Gasteiger partial charge in [0.05, 0.1) is 0 Å². The summed E-state index contributed by atoms with van der Waals surface area (Å²) in [5, 5.41) is 4.88. The van der Waals surface area contributed by atoms with E-state index in [2.05, 4.69) is 255 Å². The van der Waals surface area contributed by atoms with Gasteiger partial charge in [0.1, 0.15) is 0 Å². The second-order valence-corrected chi connectivity index (χ2v) is 14.5. The van der Waals surface area contributed by atoms with Gasteiger partial charge in [-0.15, -0.1) is 0 Å². The molecule has 9 aromatic carbocycles. The third-order valence-corrected chi connectivity index (χ3v) is 10.7. The molecule has 0 spiro atoms. The van der Waals surface area contributed by atoms with Crippen LogP contribution in [0.1, 0.15) is 44.5 Å². The van der Waals surface area contributed by atoms with Gasteiger partial charge in [0.25, 0.3) is 0 Å². The molecular weight excluding hydrogens is 697 g/mol. The van der Waals surface area contributed by atoms with E-state index in [1.54, 1.807) is 0 Å². The normalized spacial score (nSPS) is 11.9. The number of rotatable bonds is 10. The van der Waals surface area contributed by atoms with Crippen LogP contribution >= 0.6 is 0 Å². The van der Waals surface area contributed by atoms with Crippen LogP contribution in [0.2, 0.25) is 0 Å². The van der Waals surface area contributed by atoms with E-state index in [9.17, 15) is 0 Å². The van der Waals surface area contributed by atoms with Gasteiger partial charge in [-0.2, -0.15) is 0 Å². The third-order valence-electron chi connectivity index (χ3n) is 10.7. The zero-order valence-electron chi connectivity index (χ0n) is 32.2. The lowest BCUT2D eigenvalue weighted by molar-refractivity contribution is 1.59. The van der Waals surface area contributed by atoms with Gasteiger partial charge >= 0.3 is 0 Å². The van der Waals surface area contributed by atoms with Crippen LogP contribution < -0.4 is 0 Å². The SMILES string of the molecule is C(=Cc1ccc(C=Cc2ccccc2)c(-c2c3ccccc3c(-c3cc(C=Cc4ccccc4)ccc3C=Cc3ccccc3)c3ccccc23)c1)c1ccccc1. The first-order valence-electron chi connectivity index (χ1n) is 19.9. The molecule has 0 saturated heterocycles. The lowest BCUT2D eigenvalue weighted by Crippen LogP contribution is -1.94. The summed E-state index contributed by atoms with van der Waals surface area (Å²) in [4.78, 5) is 0. The largest absolute Gasteiger partial charge is 0.0622 e. The molecule has 274 valence electrons. The van der Waals surface area contributed by atoms with E-state index in [0.717, 1.165) is 11.1 Å². The Morgan fingerprint density at radius 3 is 0.776 bits per heavy atom. The molecule has 0 bridgehead atoms. The highest BCUT2D eigenvalue weighted by Crippen LogP contribution is 2.46. The average molecular weight is 739 g/mol. The quantitative estimate of drug-likeness (QED) is 0.0968. The summed E-state index contributed by atoms with van der Waals surface area (Å²) in [6.07, 6.45) is 17.8. The van der Waals surface area contributed by atoms with Gasteiger partial charge in [-0.05, 0) is 100 Å². The molecule has 0 aliphatic rings. The van der Waals surface area contributed by atoms with E-state index in [0.29, 0.717) is 0 Å². The Morgan fingerprint density at radius 2 is 0.466 bits per heavy atom. The van der Waals surface area contributed by atoms with Crippen LogP contribution in [-0.2, 0) is 0 Å². The van der Waals surface area contributed by atoms with Gasteiger partial charge in [-0.25, -0.2) is 0 Å². The van der Waals surface area contributed by atoms with Gasteiger partial charge in [0.15, 0.2) is 0 Å². The fourth-order valence-corrected chi connectivity index (χ4v) is 7.80. The second kappa shape index (κ2) is 17.1. The summed E-state index contributed by atoms with van der Waals surface area (Å²) in [7, 11) is 0. The van der Waals surface area contributed by atoms with E-state index >= 15 is 0 Å². The first kappa shape index (κ1) is 36.1. The van der Waals surface area contributed by atoms with Crippen molar-refractivity contribution in [2.45, 2.75) is 0 Å². The van der Waals surface area contributed by atoms with Gasteiger partial charge in [0.2, 0.25) is 0 Å². The van der Waals surface area contributed by atoms with E-state index in [1.807, 2.05) is 0 Å². The molecule has 0 unspecified atom stereocenters. The monoisotopic (exact) mass is 738 g/mol. The third kappa shape index (κ3) is 8.05. The lowest BCUT2D eigenvalue weighted by Gasteiger charge is -2.20. The predicted octanol–water partition coefficient (Wildman–Crippen LogP) is 16.0. The summed E-state index contributed by atoms with van der Waals surface area (Å²) in [6.45, 7) is 0. The summed E-state index contributed by atoms with van der Waals surface area (Å²) >= 11 is 0. The summed E-state index contributed by atoms with van der Waals surface area (Å²) < 4.78 is 0. The Bertz CT molecular complexity index is 2690. The van der Waals surface area contributed by atoms with E-state index in [4.69, 9.17) is 0 Å². The van der Waals surface area contributed by atoms with Crippen molar-refractivity contribution in [3.63, 3.8) is 0 Å². The van der Waals surface area contributed by atoms with Gasteiger partial charge in [-0.3, -0.25) is 0 Å². The molecule has 0 amide bonds. The maximum atomic E-state index is 2.36. The van der Waals surface area contributed by atoms with Crippen LogP contribution in [0.4, 0.5) is 0 Å². The van der Waals surface area contributed by atoms with Crippen LogP contribution in [0.3, 0.4) is 0 Å². The van der Waals surface area contributed by atoms with Crippen molar-refractivity contribution < 1.29 is 0 Å². The van der Waals surface area contributed by atoms with E-state index in [1.165, 1.54) is 77.2 Å². The van der Waals surface area contributed by atoms with Crippen molar-refractivity contribution in [3.8, 4) is 22.3 Å². The molecule has 0 fully saturated rings. The molecule has 0 atom stereocenters. The maximum Gasteiger partial charge on any atom is -0.00201 e. The van der Waals surface area contributed by atoms with Gasteiger partial charge in [0, 0.05) is 0 Å². The minimum Gasteiger partial charge on any atom is -0.0622 e. The zero-order chi connectivity index (χ0) is 38.9. The lowest BCUT2D eigenvalue weighted by atomic mass is 9.83. The highest BCUT2D eigenvalue weighted by molar-refractivity contribution is 6.22. The molecule has 9 aromatic rings. The number of hydrogen-bond donors (Lipinski definition) is 0. The van der Waals surface area contributed by atoms with Crippen LogP contribution in [0, 0.1) is 0 Å². The van der Waals surface area contributed by atoms with E-state index < -0.39 is 0 Å². The van der Waals surface area contributed by atoms with Gasteiger partial charge in [-0.1, -0.05) is 243 Å². The first-order chi connectivity index (χ1) is 28.8. The first-order valence-corrected chi connectivity index (χ1v) is 19.9. The number of fused-ring (bicyclic) bond motifs is 2. The molecule has 9 rings (SSSR count). The number of hydrogen-bond acceptors (Lipinski definition) is 0. The Morgan fingerprint density at radius 1 is 0.207 bits per heavy atom. The van der Waals surface area contributed by atoms with Crippen molar-refractivity contribution in [2.75, 3.05) is 0 Å². The molecule has 0 heteroatoms. The molecule has 0 aromatic heterocycles. The van der Waals surface area contributed by atoms with Gasteiger partial charge < -0.3 is 0 Å². The Kier molecular flexibility index (Phi) is 10.6. The second-order valence-electron chi connectivity index (χ2n) is 14.5. The summed E-state index contributed by atoms with van der Waals surface area (Å²) in [5.74, 6) is 0. The standard InChI is InChI=1S/C58H42/c1-5-17-43(18-6-1)29-31-47-35-39-49(37-33-45-21-9-3-10-22-45)55(41-47)57-51-25-13-15-27-53(51)58(54-28-16-14-26-52(54)57)56-42-48(32-30-44-19-7-2-8-20-44)36-40-50(56)38-34-46-23-11-4-12-24-46/h1-42H. The highest BCUT2D eigenvalue weighted by Gasteiger charge is 2.19. The van der Waals surface area contributed by atoms with Crippen molar-refractivity contribution >= 4 is 70.2 Å². The Hall–Kier alpha value is -7.54. The molecule has 0 N–H and O–H groups in total. The maximum absolute atomic E-state index is 2.36. The molecule has 0 heterocycles. The molecule has 0 aliphatic heterocycles. The predicted molar refractivity (Wildman–Crippen MR) is 254 cm³/mol. The molecule has 0 radical (unpaired) electrons. The van der Waals surface area contributed by atoms with Crippen LogP contribution in [0.25, 0.3) is 92.4 Å². The minimum absolute atomic E-state index is 1.15. The Labute approximate surface area is 341 Å².